The van der Waals surface area contributed by atoms with Crippen molar-refractivity contribution < 1.29 is 4.79 Å². The first-order valence-electron chi connectivity index (χ1n) is 6.80. The first kappa shape index (κ1) is 14.0. The second-order valence-electron chi connectivity index (χ2n) is 6.03. The van der Waals surface area contributed by atoms with Gasteiger partial charge in [-0.1, -0.05) is 0 Å². The van der Waals surface area contributed by atoms with E-state index in [0.717, 1.165) is 31.0 Å². The molecule has 0 aromatic carbocycles. The van der Waals surface area contributed by atoms with Crippen LogP contribution in [-0.4, -0.2) is 38.2 Å². The zero-order valence-electron chi connectivity index (χ0n) is 12.0. The van der Waals surface area contributed by atoms with Crippen LogP contribution < -0.4 is 5.73 Å². The molecule has 0 spiro atoms. The average molecular weight is 265 g/mol. The van der Waals surface area contributed by atoms with Crippen molar-refractivity contribution in [2.75, 3.05) is 7.05 Å². The molecule has 0 aliphatic carbocycles. The Morgan fingerprint density at radius 2 is 2.21 bits per heavy atom. The normalized spacial score (nSPS) is 14.5. The van der Waals surface area contributed by atoms with E-state index in [1.807, 2.05) is 20.9 Å². The molecule has 2 N–H and O–H groups in total. The van der Waals surface area contributed by atoms with Crippen LogP contribution in [0.5, 0.6) is 0 Å². The predicted octanol–water partition coefficient (Wildman–Crippen LogP) is 0.700. The Morgan fingerprint density at radius 3 is 2.89 bits per heavy atom. The van der Waals surface area contributed by atoms with E-state index in [0.29, 0.717) is 19.4 Å². The van der Waals surface area contributed by atoms with E-state index in [4.69, 9.17) is 5.73 Å². The minimum atomic E-state index is -0.299. The highest BCUT2D eigenvalue weighted by atomic mass is 16.2. The number of hydrogen-bond donors (Lipinski definition) is 1. The van der Waals surface area contributed by atoms with Gasteiger partial charge in [-0.25, -0.2) is 0 Å². The molecule has 0 fully saturated rings. The second kappa shape index (κ2) is 5.28. The van der Waals surface area contributed by atoms with Crippen LogP contribution in [0.3, 0.4) is 0 Å². The lowest BCUT2D eigenvalue weighted by Gasteiger charge is -2.21. The van der Waals surface area contributed by atoms with Gasteiger partial charge in [0.05, 0.1) is 6.54 Å². The van der Waals surface area contributed by atoms with Crippen molar-refractivity contribution in [2.24, 2.45) is 5.73 Å². The van der Waals surface area contributed by atoms with Gasteiger partial charge in [-0.15, -0.1) is 10.2 Å². The van der Waals surface area contributed by atoms with E-state index >= 15 is 0 Å². The molecule has 2 rings (SSSR count). The summed E-state index contributed by atoms with van der Waals surface area (Å²) in [6.45, 7) is 5.36. The Kier molecular flexibility index (Phi) is 3.89. The van der Waals surface area contributed by atoms with Crippen LogP contribution in [0, 0.1) is 0 Å². The van der Waals surface area contributed by atoms with E-state index in [1.165, 1.54) is 0 Å². The Morgan fingerprint density at radius 1 is 1.47 bits per heavy atom. The first-order valence-corrected chi connectivity index (χ1v) is 6.80. The largest absolute Gasteiger partial charge is 0.338 e. The summed E-state index contributed by atoms with van der Waals surface area (Å²) in [6, 6.07) is 0. The van der Waals surface area contributed by atoms with Crippen LogP contribution in [0.1, 0.15) is 44.8 Å². The van der Waals surface area contributed by atoms with Gasteiger partial charge in [-0.2, -0.15) is 0 Å². The fourth-order valence-corrected chi connectivity index (χ4v) is 2.25. The highest BCUT2D eigenvalue weighted by Gasteiger charge is 2.20. The number of aryl methyl sites for hydroxylation is 1. The number of carbonyl (C=O) groups is 1. The molecule has 0 bridgehead atoms. The van der Waals surface area contributed by atoms with Crippen LogP contribution in [0.2, 0.25) is 0 Å². The number of hydrogen-bond acceptors (Lipinski definition) is 4. The van der Waals surface area contributed by atoms with E-state index in [9.17, 15) is 4.79 Å². The van der Waals surface area contributed by atoms with Gasteiger partial charge in [0.25, 0.3) is 0 Å². The van der Waals surface area contributed by atoms with Gasteiger partial charge >= 0.3 is 0 Å². The summed E-state index contributed by atoms with van der Waals surface area (Å²) in [7, 11) is 1.81. The summed E-state index contributed by atoms with van der Waals surface area (Å²) in [6.07, 6.45) is 3.28. The number of carbonyl (C=O) groups excluding carboxylic acids is 1. The third-order valence-electron chi connectivity index (χ3n) is 3.47. The smallest absolute Gasteiger partial charge is 0.222 e. The number of nitrogens with zero attached hydrogens (tertiary/aromatic N) is 4. The number of aromatic nitrogens is 3. The fourth-order valence-electron chi connectivity index (χ4n) is 2.25. The quantitative estimate of drug-likeness (QED) is 0.850. The number of amides is 1. The molecule has 1 aliphatic rings. The maximum absolute atomic E-state index is 12.0. The van der Waals surface area contributed by atoms with Crippen molar-refractivity contribution in [3.8, 4) is 0 Å². The number of nitrogens with two attached hydrogens (primary N) is 1. The Hall–Kier alpha value is -1.43. The van der Waals surface area contributed by atoms with Crippen molar-refractivity contribution in [2.45, 2.75) is 58.2 Å². The standard InChI is InChI=1S/C13H23N5O/c1-13(2,14)7-6-12(19)17(3)9-11-16-15-10-5-4-8-18(10)11/h4-9,14H2,1-3H3. The summed E-state index contributed by atoms with van der Waals surface area (Å²) in [4.78, 5) is 13.7. The van der Waals surface area contributed by atoms with Gasteiger partial charge in [0.2, 0.25) is 5.91 Å². The van der Waals surface area contributed by atoms with Gasteiger partial charge in [-0.3, -0.25) is 4.79 Å². The minimum Gasteiger partial charge on any atom is -0.338 e. The third kappa shape index (κ3) is 3.53. The third-order valence-corrected chi connectivity index (χ3v) is 3.47. The van der Waals surface area contributed by atoms with Gasteiger partial charge in [0, 0.05) is 32.0 Å². The van der Waals surface area contributed by atoms with Crippen LogP contribution in [0.25, 0.3) is 0 Å². The van der Waals surface area contributed by atoms with Crippen molar-refractivity contribution in [1.82, 2.24) is 19.7 Å². The predicted molar refractivity (Wildman–Crippen MR) is 72.3 cm³/mol. The minimum absolute atomic E-state index is 0.105. The van der Waals surface area contributed by atoms with Crippen molar-refractivity contribution in [3.05, 3.63) is 11.6 Å². The average Bonchev–Trinajstić information content (AvgIpc) is 2.89. The maximum Gasteiger partial charge on any atom is 0.222 e. The zero-order chi connectivity index (χ0) is 14.0. The van der Waals surface area contributed by atoms with E-state index < -0.39 is 0 Å². The zero-order valence-corrected chi connectivity index (χ0v) is 12.0. The van der Waals surface area contributed by atoms with Gasteiger partial charge < -0.3 is 15.2 Å². The highest BCUT2D eigenvalue weighted by molar-refractivity contribution is 5.75. The van der Waals surface area contributed by atoms with E-state index in [-0.39, 0.29) is 11.4 Å². The van der Waals surface area contributed by atoms with Gasteiger partial charge in [0.1, 0.15) is 5.82 Å². The molecule has 19 heavy (non-hydrogen) atoms. The first-order chi connectivity index (χ1) is 8.87. The summed E-state index contributed by atoms with van der Waals surface area (Å²) in [5.74, 6) is 2.03. The SMILES string of the molecule is CN(Cc1nnc2n1CCC2)C(=O)CCC(C)(C)N. The molecular weight excluding hydrogens is 242 g/mol. The van der Waals surface area contributed by atoms with E-state index in [2.05, 4.69) is 14.8 Å². The molecule has 0 saturated heterocycles. The summed E-state index contributed by atoms with van der Waals surface area (Å²) < 4.78 is 2.12. The fraction of sp³-hybridized carbons (Fsp3) is 0.769. The molecule has 0 atom stereocenters. The molecule has 0 unspecified atom stereocenters. The van der Waals surface area contributed by atoms with Crippen molar-refractivity contribution in [1.29, 1.82) is 0 Å². The molecule has 6 nitrogen and oxygen atoms in total. The van der Waals surface area contributed by atoms with Crippen LogP contribution in [0.4, 0.5) is 0 Å². The van der Waals surface area contributed by atoms with Crippen LogP contribution in [0.15, 0.2) is 0 Å². The van der Waals surface area contributed by atoms with Crippen molar-refractivity contribution >= 4 is 5.91 Å². The molecule has 6 heteroatoms. The second-order valence-corrected chi connectivity index (χ2v) is 6.03. The Labute approximate surface area is 114 Å². The molecule has 106 valence electrons. The summed E-state index contributed by atoms with van der Waals surface area (Å²) in [5, 5.41) is 8.31. The number of fused-ring (bicyclic) bond motifs is 1. The lowest BCUT2D eigenvalue weighted by molar-refractivity contribution is -0.130. The summed E-state index contributed by atoms with van der Waals surface area (Å²) in [5.41, 5.74) is 5.60. The van der Waals surface area contributed by atoms with Crippen LogP contribution >= 0.6 is 0 Å². The molecule has 0 radical (unpaired) electrons. The lowest BCUT2D eigenvalue weighted by Crippen LogP contribution is -2.35. The Bertz CT molecular complexity index is 460. The van der Waals surface area contributed by atoms with Crippen molar-refractivity contribution in [3.63, 3.8) is 0 Å². The highest BCUT2D eigenvalue weighted by Crippen LogP contribution is 2.15. The van der Waals surface area contributed by atoms with Crippen LogP contribution in [-0.2, 0) is 24.3 Å². The van der Waals surface area contributed by atoms with Gasteiger partial charge in [-0.05, 0) is 26.7 Å². The molecular formula is C13H23N5O. The molecule has 1 amide bonds. The lowest BCUT2D eigenvalue weighted by atomic mass is 10.00. The topological polar surface area (TPSA) is 77.0 Å². The molecule has 0 saturated carbocycles. The van der Waals surface area contributed by atoms with E-state index in [1.54, 1.807) is 4.90 Å². The number of rotatable bonds is 5. The Balaban J connectivity index is 1.90. The monoisotopic (exact) mass is 265 g/mol. The molecule has 1 aromatic rings. The molecule has 2 heterocycles. The van der Waals surface area contributed by atoms with Gasteiger partial charge in [0.15, 0.2) is 5.82 Å². The molecule has 1 aliphatic heterocycles. The maximum atomic E-state index is 12.0. The molecule has 1 aromatic heterocycles. The summed E-state index contributed by atoms with van der Waals surface area (Å²) >= 11 is 0.